The van der Waals surface area contributed by atoms with Gasteiger partial charge in [-0.25, -0.2) is 15.0 Å². The monoisotopic (exact) mass is 356 g/mol. The molecule has 5 aromatic rings. The zero-order valence-corrected chi connectivity index (χ0v) is 14.7. The Morgan fingerprint density at radius 3 is 2.37 bits per heavy atom. The summed E-state index contributed by atoms with van der Waals surface area (Å²) in [6.07, 6.45) is 1.64. The van der Waals surface area contributed by atoms with E-state index >= 15 is 0 Å². The highest BCUT2D eigenvalue weighted by Gasteiger charge is 2.18. The van der Waals surface area contributed by atoms with Gasteiger partial charge < -0.3 is 13.7 Å². The number of furan rings is 1. The molecule has 0 atom stereocenters. The van der Waals surface area contributed by atoms with Crippen molar-refractivity contribution >= 4 is 22.3 Å². The predicted molar refractivity (Wildman–Crippen MR) is 103 cm³/mol. The zero-order chi connectivity index (χ0) is 18.2. The van der Waals surface area contributed by atoms with Crippen molar-refractivity contribution in [2.24, 2.45) is 0 Å². The topological polar surface area (TPSA) is 66.0 Å². The van der Waals surface area contributed by atoms with Crippen molar-refractivity contribution < 1.29 is 9.15 Å². The molecule has 0 saturated carbocycles. The van der Waals surface area contributed by atoms with Gasteiger partial charge in [-0.15, -0.1) is 0 Å². The lowest BCUT2D eigenvalue weighted by molar-refractivity contribution is 0.414. The molecule has 0 aliphatic carbocycles. The van der Waals surface area contributed by atoms with E-state index in [2.05, 4.69) is 4.98 Å². The number of methoxy groups -OCH3 is 1. The van der Waals surface area contributed by atoms with Crippen LogP contribution < -0.4 is 4.74 Å². The van der Waals surface area contributed by atoms with Gasteiger partial charge in [0.1, 0.15) is 5.75 Å². The number of hydrogen-bond donors (Lipinski definition) is 0. The molecule has 0 N–H and O–H groups in total. The molecule has 3 heterocycles. The highest BCUT2D eigenvalue weighted by molar-refractivity contribution is 5.84. The maximum Gasteiger partial charge on any atom is 0.198 e. The van der Waals surface area contributed by atoms with Gasteiger partial charge in [0, 0.05) is 0 Å². The van der Waals surface area contributed by atoms with Crippen LogP contribution in [0, 0.1) is 0 Å². The third kappa shape index (κ3) is 2.71. The van der Waals surface area contributed by atoms with Gasteiger partial charge in [0.2, 0.25) is 0 Å². The summed E-state index contributed by atoms with van der Waals surface area (Å²) in [5, 5.41) is 0. The highest BCUT2D eigenvalue weighted by atomic mass is 16.5. The Hall–Kier alpha value is -3.67. The second-order valence-electron chi connectivity index (χ2n) is 6.21. The molecule has 0 amide bonds. The van der Waals surface area contributed by atoms with Crippen molar-refractivity contribution in [1.29, 1.82) is 0 Å². The van der Waals surface area contributed by atoms with Crippen LogP contribution in [0.1, 0.15) is 5.56 Å². The van der Waals surface area contributed by atoms with E-state index < -0.39 is 0 Å². The number of imidazole rings is 1. The zero-order valence-electron chi connectivity index (χ0n) is 14.7. The molecule has 0 unspecified atom stereocenters. The molecule has 0 aliphatic rings. The third-order valence-corrected chi connectivity index (χ3v) is 4.50. The van der Waals surface area contributed by atoms with Crippen molar-refractivity contribution in [1.82, 2.24) is 19.5 Å². The van der Waals surface area contributed by atoms with Crippen LogP contribution in [0.15, 0.2) is 71.3 Å². The van der Waals surface area contributed by atoms with Crippen molar-refractivity contribution in [2.45, 2.75) is 6.54 Å². The number of para-hydroxylation sites is 2. The van der Waals surface area contributed by atoms with Crippen molar-refractivity contribution in [3.05, 3.63) is 72.5 Å². The number of rotatable bonds is 4. The molecule has 3 aromatic heterocycles. The van der Waals surface area contributed by atoms with Crippen LogP contribution >= 0.6 is 0 Å². The van der Waals surface area contributed by atoms with Gasteiger partial charge in [-0.2, -0.15) is 0 Å². The van der Waals surface area contributed by atoms with Crippen LogP contribution in [0.25, 0.3) is 33.9 Å². The van der Waals surface area contributed by atoms with E-state index in [1.807, 2.05) is 65.2 Å². The predicted octanol–water partition coefficient (Wildman–Crippen LogP) is 4.30. The first-order chi connectivity index (χ1) is 13.3. The normalized spacial score (nSPS) is 11.3. The molecule has 2 aromatic carbocycles. The average Bonchev–Trinajstić information content (AvgIpc) is 3.35. The minimum Gasteiger partial charge on any atom is -0.497 e. The Bertz CT molecular complexity index is 1220. The van der Waals surface area contributed by atoms with Crippen LogP contribution in [-0.4, -0.2) is 26.6 Å². The average molecular weight is 356 g/mol. The molecule has 27 heavy (non-hydrogen) atoms. The highest BCUT2D eigenvalue weighted by Crippen LogP contribution is 2.26. The molecule has 132 valence electrons. The van der Waals surface area contributed by atoms with Gasteiger partial charge in [0.05, 0.1) is 31.0 Å². The van der Waals surface area contributed by atoms with E-state index in [0.29, 0.717) is 23.8 Å². The summed E-state index contributed by atoms with van der Waals surface area (Å²) in [6.45, 7) is 0.601. The van der Waals surface area contributed by atoms with E-state index in [4.69, 9.17) is 19.1 Å². The molecular formula is C21H16N4O2. The van der Waals surface area contributed by atoms with Crippen LogP contribution in [0.5, 0.6) is 5.75 Å². The molecule has 0 aliphatic heterocycles. The Morgan fingerprint density at radius 2 is 1.67 bits per heavy atom. The largest absolute Gasteiger partial charge is 0.497 e. The third-order valence-electron chi connectivity index (χ3n) is 4.50. The minimum absolute atomic E-state index is 0.601. The smallest absolute Gasteiger partial charge is 0.198 e. The second kappa shape index (κ2) is 6.25. The second-order valence-corrected chi connectivity index (χ2v) is 6.21. The van der Waals surface area contributed by atoms with Crippen molar-refractivity contribution in [3.8, 4) is 17.3 Å². The van der Waals surface area contributed by atoms with Crippen LogP contribution in [-0.2, 0) is 6.54 Å². The van der Waals surface area contributed by atoms with Crippen LogP contribution in [0.4, 0.5) is 0 Å². The summed E-state index contributed by atoms with van der Waals surface area (Å²) in [5.74, 6) is 2.22. The fourth-order valence-electron chi connectivity index (χ4n) is 3.16. The molecule has 0 radical (unpaired) electrons. The standard InChI is InChI=1S/C21H16N4O2/c1-26-15-10-8-14(9-11-15)13-25-20(18-7-4-12-27-18)24-19-21(25)23-17-6-3-2-5-16(17)22-19/h2-12H,13H2,1H3. The van der Waals surface area contributed by atoms with Crippen LogP contribution in [0.2, 0.25) is 0 Å². The minimum atomic E-state index is 0.601. The molecule has 0 fully saturated rings. The molecule has 5 rings (SSSR count). The maximum absolute atomic E-state index is 5.60. The summed E-state index contributed by atoms with van der Waals surface area (Å²) < 4.78 is 12.9. The van der Waals surface area contributed by atoms with Gasteiger partial charge in [0.25, 0.3) is 0 Å². The molecule has 6 nitrogen and oxygen atoms in total. The number of nitrogens with zero attached hydrogens (tertiary/aromatic N) is 4. The molecule has 6 heteroatoms. The SMILES string of the molecule is COc1ccc(Cn2c(-c3ccco3)nc3nc4ccccc4nc32)cc1. The summed E-state index contributed by atoms with van der Waals surface area (Å²) in [7, 11) is 1.66. The lowest BCUT2D eigenvalue weighted by Gasteiger charge is -2.08. The Balaban J connectivity index is 1.71. The first-order valence-corrected chi connectivity index (χ1v) is 8.61. The van der Waals surface area contributed by atoms with Gasteiger partial charge in [-0.1, -0.05) is 24.3 Å². The van der Waals surface area contributed by atoms with E-state index in [-0.39, 0.29) is 0 Å². The first-order valence-electron chi connectivity index (χ1n) is 8.61. The van der Waals surface area contributed by atoms with E-state index in [9.17, 15) is 0 Å². The summed E-state index contributed by atoms with van der Waals surface area (Å²) >= 11 is 0. The molecule has 0 spiro atoms. The van der Waals surface area contributed by atoms with E-state index in [1.165, 1.54) is 0 Å². The first kappa shape index (κ1) is 15.6. The lowest BCUT2D eigenvalue weighted by Crippen LogP contribution is -2.03. The Kier molecular flexibility index (Phi) is 3.60. The lowest BCUT2D eigenvalue weighted by atomic mass is 10.2. The van der Waals surface area contributed by atoms with Crippen molar-refractivity contribution in [2.75, 3.05) is 7.11 Å². The van der Waals surface area contributed by atoms with Crippen molar-refractivity contribution in [3.63, 3.8) is 0 Å². The molecule has 0 saturated heterocycles. The summed E-state index contributed by atoms with van der Waals surface area (Å²) in [4.78, 5) is 14.2. The van der Waals surface area contributed by atoms with E-state index in [1.54, 1.807) is 13.4 Å². The van der Waals surface area contributed by atoms with Crippen LogP contribution in [0.3, 0.4) is 0 Å². The fourth-order valence-corrected chi connectivity index (χ4v) is 3.16. The summed E-state index contributed by atoms with van der Waals surface area (Å²) in [6, 6.07) is 19.5. The van der Waals surface area contributed by atoms with Gasteiger partial charge in [-0.3, -0.25) is 0 Å². The Morgan fingerprint density at radius 1 is 0.889 bits per heavy atom. The van der Waals surface area contributed by atoms with Gasteiger partial charge >= 0.3 is 0 Å². The quantitative estimate of drug-likeness (QED) is 0.480. The Labute approximate surface area is 155 Å². The fraction of sp³-hybridized carbons (Fsp3) is 0.0952. The number of aromatic nitrogens is 4. The van der Waals surface area contributed by atoms with Gasteiger partial charge in [-0.05, 0) is 42.0 Å². The van der Waals surface area contributed by atoms with E-state index in [0.717, 1.165) is 28.0 Å². The molecule has 0 bridgehead atoms. The summed E-state index contributed by atoms with van der Waals surface area (Å²) in [5.41, 5.74) is 4.11. The van der Waals surface area contributed by atoms with Gasteiger partial charge in [0.15, 0.2) is 22.9 Å². The number of benzene rings is 2. The maximum atomic E-state index is 5.60. The number of ether oxygens (including phenoxy) is 1. The number of fused-ring (bicyclic) bond motifs is 2. The molecular weight excluding hydrogens is 340 g/mol. The number of hydrogen-bond acceptors (Lipinski definition) is 5.